The normalized spacial score (nSPS) is 18.9. The van der Waals surface area contributed by atoms with E-state index >= 15 is 0 Å². The molecule has 47 heavy (non-hydrogen) atoms. The Balaban J connectivity index is 1.47. The quantitative estimate of drug-likeness (QED) is 0.262. The smallest absolute Gasteiger partial charge is 0.419 e. The highest BCUT2D eigenvalue weighted by Crippen LogP contribution is 2.33. The highest BCUT2D eigenvalue weighted by atomic mass is 35.5. The van der Waals surface area contributed by atoms with E-state index in [2.05, 4.69) is 25.5 Å². The molecule has 2 bridgehead atoms. The Bertz CT molecular complexity index is 1810. The zero-order valence-corrected chi connectivity index (χ0v) is 26.5. The van der Waals surface area contributed by atoms with Crippen LogP contribution in [0.15, 0.2) is 72.0 Å². The lowest BCUT2D eigenvalue weighted by Gasteiger charge is -2.25. The van der Waals surface area contributed by atoms with Crippen LogP contribution in [-0.4, -0.2) is 51.0 Å². The molecule has 0 saturated carbocycles. The van der Waals surface area contributed by atoms with Gasteiger partial charge in [0.2, 0.25) is 5.91 Å². The van der Waals surface area contributed by atoms with Crippen molar-refractivity contribution in [1.82, 2.24) is 30.0 Å². The van der Waals surface area contributed by atoms with E-state index in [1.54, 1.807) is 0 Å². The van der Waals surface area contributed by atoms with Crippen molar-refractivity contribution in [2.75, 3.05) is 13.7 Å². The number of carbonyl (C=O) groups excluding carboxylic acids is 2. The van der Waals surface area contributed by atoms with E-state index in [9.17, 15) is 27.6 Å². The molecule has 4 aromatic rings. The molecule has 1 aliphatic heterocycles. The third-order valence-corrected chi connectivity index (χ3v) is 8.47. The standard InChI is InChI=1S/C33H34ClF3N6O4/c1-20-5-3-8-28(22-7-4-6-21(13-22)14-25(41-31(20)45)11-12-38-32(46)47-2)42-19-39-27(16-30(42)44)26-15-24(34)9-10-29(26)43-18-23(17-40-43)33(35,36)37/h4,6-7,9-10,13,15-20,25,28H,3,5,8,11-12,14H2,1-2H3,(H,38,46)(H,41,45)/t20-,25-,28+/m1/s1. The summed E-state index contributed by atoms with van der Waals surface area (Å²) in [6, 6.07) is 13.1. The highest BCUT2D eigenvalue weighted by Gasteiger charge is 2.32. The summed E-state index contributed by atoms with van der Waals surface area (Å²) in [7, 11) is 1.29. The molecule has 0 radical (unpaired) electrons. The summed E-state index contributed by atoms with van der Waals surface area (Å²) in [4.78, 5) is 42.9. The van der Waals surface area contributed by atoms with Gasteiger partial charge in [-0.15, -0.1) is 0 Å². The first-order chi connectivity index (χ1) is 22.4. The largest absolute Gasteiger partial charge is 0.453 e. The van der Waals surface area contributed by atoms with Crippen molar-refractivity contribution in [3.8, 4) is 16.9 Å². The van der Waals surface area contributed by atoms with E-state index < -0.39 is 23.9 Å². The molecular formula is C33H34ClF3N6O4. The minimum atomic E-state index is -4.57. The van der Waals surface area contributed by atoms with Crippen molar-refractivity contribution >= 4 is 23.6 Å². The summed E-state index contributed by atoms with van der Waals surface area (Å²) in [6.45, 7) is 2.18. The van der Waals surface area contributed by atoms with E-state index in [1.807, 2.05) is 31.2 Å². The van der Waals surface area contributed by atoms with E-state index in [-0.39, 0.29) is 34.8 Å². The van der Waals surface area contributed by atoms with Crippen LogP contribution in [0.2, 0.25) is 5.02 Å². The number of nitrogens with one attached hydrogen (secondary N) is 2. The number of benzene rings is 2. The summed E-state index contributed by atoms with van der Waals surface area (Å²) < 4.78 is 47.1. The third-order valence-electron chi connectivity index (χ3n) is 8.24. The Morgan fingerprint density at radius 2 is 1.96 bits per heavy atom. The van der Waals surface area contributed by atoms with Crippen molar-refractivity contribution in [3.63, 3.8) is 0 Å². The van der Waals surface area contributed by atoms with Crippen molar-refractivity contribution in [2.24, 2.45) is 5.92 Å². The predicted molar refractivity (Wildman–Crippen MR) is 169 cm³/mol. The lowest BCUT2D eigenvalue weighted by Crippen LogP contribution is -2.41. The number of alkyl carbamates (subject to hydrolysis) is 1. The fourth-order valence-corrected chi connectivity index (χ4v) is 5.89. The Labute approximate surface area is 273 Å². The molecule has 0 fully saturated rings. The maximum atomic E-state index is 13.7. The van der Waals surface area contributed by atoms with Gasteiger partial charge in [-0.2, -0.15) is 18.3 Å². The van der Waals surface area contributed by atoms with Crippen LogP contribution in [0.3, 0.4) is 0 Å². The highest BCUT2D eigenvalue weighted by molar-refractivity contribution is 6.31. The summed E-state index contributed by atoms with van der Waals surface area (Å²) in [5.74, 6) is -0.357. The first-order valence-corrected chi connectivity index (χ1v) is 15.5. The van der Waals surface area contributed by atoms with E-state index in [1.165, 1.54) is 42.3 Å². The number of hydrogen-bond acceptors (Lipinski definition) is 6. The molecule has 248 valence electrons. The van der Waals surface area contributed by atoms with Crippen molar-refractivity contribution in [1.29, 1.82) is 0 Å². The topological polar surface area (TPSA) is 120 Å². The van der Waals surface area contributed by atoms with Gasteiger partial charge in [0.05, 0.1) is 42.6 Å². The molecule has 14 heteroatoms. The number of amides is 2. The number of methoxy groups -OCH3 is 1. The second kappa shape index (κ2) is 14.4. The number of halogens is 4. The van der Waals surface area contributed by atoms with Gasteiger partial charge in [-0.3, -0.25) is 14.2 Å². The summed E-state index contributed by atoms with van der Waals surface area (Å²) in [5.41, 5.74) is 1.40. The maximum absolute atomic E-state index is 13.7. The molecule has 2 amide bonds. The van der Waals surface area contributed by atoms with Crippen LogP contribution in [0.25, 0.3) is 16.9 Å². The summed E-state index contributed by atoms with van der Waals surface area (Å²) in [5, 5.41) is 9.97. The molecule has 2 aromatic carbocycles. The van der Waals surface area contributed by atoms with Gasteiger partial charge in [-0.1, -0.05) is 49.2 Å². The van der Waals surface area contributed by atoms with Crippen LogP contribution in [-0.2, 0) is 22.1 Å². The first kappa shape index (κ1) is 33.7. The number of hydrogen-bond donors (Lipinski definition) is 2. The second-order valence-electron chi connectivity index (χ2n) is 11.6. The molecular weight excluding hydrogens is 637 g/mol. The molecule has 1 aliphatic rings. The minimum Gasteiger partial charge on any atom is -0.453 e. The van der Waals surface area contributed by atoms with Gasteiger partial charge >= 0.3 is 12.3 Å². The van der Waals surface area contributed by atoms with Gasteiger partial charge < -0.3 is 15.4 Å². The van der Waals surface area contributed by atoms with Gasteiger partial charge in [-0.05, 0) is 55.0 Å². The predicted octanol–water partition coefficient (Wildman–Crippen LogP) is 5.95. The van der Waals surface area contributed by atoms with Crippen LogP contribution >= 0.6 is 11.6 Å². The molecule has 0 saturated heterocycles. The van der Waals surface area contributed by atoms with Gasteiger partial charge in [0, 0.05) is 41.4 Å². The van der Waals surface area contributed by atoms with Crippen LogP contribution in [0, 0.1) is 5.92 Å². The molecule has 3 atom stereocenters. The average molecular weight is 671 g/mol. The van der Waals surface area contributed by atoms with Crippen molar-refractivity contribution < 1.29 is 27.5 Å². The molecule has 0 unspecified atom stereocenters. The fourth-order valence-electron chi connectivity index (χ4n) is 5.72. The minimum absolute atomic E-state index is 0.0820. The van der Waals surface area contributed by atoms with E-state index in [4.69, 9.17) is 11.6 Å². The monoisotopic (exact) mass is 670 g/mol. The molecule has 3 heterocycles. The Hall–Kier alpha value is -4.65. The Kier molecular flexibility index (Phi) is 10.3. The van der Waals surface area contributed by atoms with Crippen molar-refractivity contribution in [3.05, 3.63) is 99.3 Å². The summed E-state index contributed by atoms with van der Waals surface area (Å²) in [6.07, 6.45) is 0.715. The Morgan fingerprint density at radius 3 is 2.68 bits per heavy atom. The number of rotatable bonds is 6. The number of carbonyl (C=O) groups is 2. The zero-order chi connectivity index (χ0) is 33.7. The molecule has 0 aliphatic carbocycles. The molecule has 2 aromatic heterocycles. The average Bonchev–Trinajstić information content (AvgIpc) is 3.54. The van der Waals surface area contributed by atoms with Gasteiger partial charge in [0.25, 0.3) is 5.56 Å². The van der Waals surface area contributed by atoms with Crippen molar-refractivity contribution in [2.45, 2.75) is 57.3 Å². The Morgan fingerprint density at radius 1 is 1.15 bits per heavy atom. The van der Waals surface area contributed by atoms with Gasteiger partial charge in [0.1, 0.15) is 0 Å². The SMILES string of the molecule is COC(=O)NCC[C@@H]1Cc2cccc(c2)[C@@H](n2cnc(-c3cc(Cl)ccc3-n3cc(C(F)(F)F)cn3)cc2=O)CCC[C@@H](C)C(=O)N1. The van der Waals surface area contributed by atoms with Crippen LogP contribution < -0.4 is 16.2 Å². The maximum Gasteiger partial charge on any atom is 0.419 e. The number of aromatic nitrogens is 4. The van der Waals surface area contributed by atoms with Crippen LogP contribution in [0.5, 0.6) is 0 Å². The number of alkyl halides is 3. The molecule has 2 N–H and O–H groups in total. The summed E-state index contributed by atoms with van der Waals surface area (Å²) >= 11 is 6.26. The second-order valence-corrected chi connectivity index (χ2v) is 12.0. The van der Waals surface area contributed by atoms with E-state index in [0.717, 1.165) is 28.2 Å². The number of nitrogens with zero attached hydrogens (tertiary/aromatic N) is 4. The molecule has 0 spiro atoms. The number of fused-ring (bicyclic) bond motifs is 2. The molecule has 10 nitrogen and oxygen atoms in total. The molecule has 5 rings (SSSR count). The lowest BCUT2D eigenvalue weighted by atomic mass is 9.92. The number of ether oxygens (including phenoxy) is 1. The zero-order valence-electron chi connectivity index (χ0n) is 25.8. The van der Waals surface area contributed by atoms with Gasteiger partial charge in [-0.25, -0.2) is 14.5 Å². The lowest BCUT2D eigenvalue weighted by molar-refractivity contribution is -0.137. The van der Waals surface area contributed by atoms with E-state index in [0.29, 0.717) is 49.2 Å². The van der Waals surface area contributed by atoms with Gasteiger partial charge in [0.15, 0.2) is 0 Å². The first-order valence-electron chi connectivity index (χ1n) is 15.1. The third kappa shape index (κ3) is 8.20. The van der Waals surface area contributed by atoms with Crippen LogP contribution in [0.1, 0.15) is 55.3 Å². The fraction of sp³-hybridized carbons (Fsp3) is 0.364. The van der Waals surface area contributed by atoms with Crippen LogP contribution in [0.4, 0.5) is 18.0 Å².